The van der Waals surface area contributed by atoms with Crippen LogP contribution in [0.4, 0.5) is 0 Å². The third-order valence-electron chi connectivity index (χ3n) is 11.0. The Labute approximate surface area is 469 Å². The molecule has 2 aliphatic heterocycles. The second-order valence-electron chi connectivity index (χ2n) is 18.5. The van der Waals surface area contributed by atoms with Crippen molar-refractivity contribution in [1.29, 1.82) is 0 Å². The van der Waals surface area contributed by atoms with E-state index in [1.807, 2.05) is 0 Å². The van der Waals surface area contributed by atoms with Gasteiger partial charge in [0.1, 0.15) is 56.8 Å². The Kier molecular flexibility index (Phi) is 33.0. The molecule has 2 heterocycles. The summed E-state index contributed by atoms with van der Waals surface area (Å²) < 4.78 is 60.8. The number of hydroxylamine groups is 4. The average molecular weight is 1170 g/mol. The summed E-state index contributed by atoms with van der Waals surface area (Å²) in [7, 11) is 0. The zero-order valence-electron chi connectivity index (χ0n) is 47.9. The van der Waals surface area contributed by atoms with Gasteiger partial charge in [0.15, 0.2) is 30.7 Å². The fourth-order valence-electron chi connectivity index (χ4n) is 7.91. The number of carbonyl (C=O) groups is 11. The lowest BCUT2D eigenvalue weighted by molar-refractivity contribution is -0.341. The molecule has 462 valence electrons. The van der Waals surface area contributed by atoms with Crippen LogP contribution in [0.3, 0.4) is 0 Å². The largest absolute Gasteiger partial charge is 0.463 e. The molecule has 2 rings (SSSR count). The highest BCUT2D eigenvalue weighted by Crippen LogP contribution is 2.30. The van der Waals surface area contributed by atoms with Crippen molar-refractivity contribution >= 4 is 65.5 Å². The lowest BCUT2D eigenvalue weighted by atomic mass is 9.96. The SMILES string of the molecule is CC(=O)NC(C)[C@H](ONCCCN(CCCNCCCNO[C@@H]1OC(COC(C)=O)[C@H](OC(C)=O)C(OC(C)=O)C1NC(C)=O)O[C@@H]1OC(COC(C)=O)[C@H](OC(C)=O)C(OC(C)=O)C1NC(C)=O)OC(COC(C)=O)COC(C)=O. The second-order valence-corrected chi connectivity index (χ2v) is 18.5. The fraction of sp³-hybridized carbons (Fsp3) is 0.776. The van der Waals surface area contributed by atoms with Crippen LogP contribution in [0.15, 0.2) is 0 Å². The van der Waals surface area contributed by atoms with Crippen molar-refractivity contribution < 1.29 is 119 Å². The highest BCUT2D eigenvalue weighted by molar-refractivity contribution is 5.75. The van der Waals surface area contributed by atoms with Crippen LogP contribution in [-0.4, -0.2) is 216 Å². The van der Waals surface area contributed by atoms with E-state index in [0.29, 0.717) is 25.9 Å². The molecule has 6 N–H and O–H groups in total. The minimum absolute atomic E-state index is 0.0974. The van der Waals surface area contributed by atoms with Crippen LogP contribution >= 0.6 is 0 Å². The van der Waals surface area contributed by atoms with Gasteiger partial charge in [-0.25, -0.2) is 0 Å². The maximum Gasteiger partial charge on any atom is 0.303 e. The van der Waals surface area contributed by atoms with Gasteiger partial charge in [-0.15, -0.1) is 0 Å². The van der Waals surface area contributed by atoms with Crippen LogP contribution in [0.2, 0.25) is 0 Å². The van der Waals surface area contributed by atoms with Crippen LogP contribution < -0.4 is 32.2 Å². The number of ether oxygens (including phenoxy) is 11. The van der Waals surface area contributed by atoms with E-state index in [1.165, 1.54) is 39.7 Å². The first-order valence-corrected chi connectivity index (χ1v) is 26.1. The summed E-state index contributed by atoms with van der Waals surface area (Å²) in [4.78, 5) is 151. The highest BCUT2D eigenvalue weighted by atomic mass is 16.8. The molecule has 0 aliphatic carbocycles. The summed E-state index contributed by atoms with van der Waals surface area (Å²) >= 11 is 0. The zero-order chi connectivity index (χ0) is 60.8. The normalized spacial score (nSPS) is 23.1. The van der Waals surface area contributed by atoms with Gasteiger partial charge >= 0.3 is 47.8 Å². The Morgan fingerprint density at radius 1 is 0.481 bits per heavy atom. The molecule has 2 aliphatic rings. The van der Waals surface area contributed by atoms with Crippen LogP contribution in [0, 0.1) is 0 Å². The summed E-state index contributed by atoms with van der Waals surface area (Å²) in [5, 5.41) is 12.7. The fourth-order valence-corrected chi connectivity index (χ4v) is 7.91. The van der Waals surface area contributed by atoms with Crippen molar-refractivity contribution in [3.8, 4) is 0 Å². The highest BCUT2D eigenvalue weighted by Gasteiger charge is 2.53. The van der Waals surface area contributed by atoms with Gasteiger partial charge in [-0.3, -0.25) is 67.3 Å². The van der Waals surface area contributed by atoms with Gasteiger partial charge in [-0.1, -0.05) is 0 Å². The van der Waals surface area contributed by atoms with E-state index in [4.69, 9.17) is 66.6 Å². The minimum Gasteiger partial charge on any atom is -0.463 e. The van der Waals surface area contributed by atoms with Crippen molar-refractivity contribution in [2.24, 2.45) is 0 Å². The van der Waals surface area contributed by atoms with E-state index >= 15 is 0 Å². The van der Waals surface area contributed by atoms with Crippen LogP contribution in [-0.2, 0) is 119 Å². The third-order valence-corrected chi connectivity index (χ3v) is 11.0. The van der Waals surface area contributed by atoms with Gasteiger partial charge in [-0.2, -0.15) is 16.0 Å². The molecule has 3 amide bonds. The van der Waals surface area contributed by atoms with Crippen LogP contribution in [0.25, 0.3) is 0 Å². The summed E-state index contributed by atoms with van der Waals surface area (Å²) in [6, 6.07) is -3.28. The number of esters is 8. The lowest BCUT2D eigenvalue weighted by Gasteiger charge is -2.45. The first-order valence-electron chi connectivity index (χ1n) is 26.1. The van der Waals surface area contributed by atoms with Gasteiger partial charge in [0.05, 0.1) is 6.04 Å². The number of hydrogen-bond donors (Lipinski definition) is 6. The smallest absolute Gasteiger partial charge is 0.303 e. The molecule has 81 heavy (non-hydrogen) atoms. The molecule has 0 bridgehead atoms. The maximum absolute atomic E-state index is 12.7. The molecule has 0 aromatic heterocycles. The standard InChI is InChI=1S/C49H81N7O25/c1-26(53-27(2)57)47(76-38(22-68-30(5)60)23-69-31(6)61)79-52-19-15-21-56(81-49-42(55-29(4)59)46(75-37(12)67)44(73-35(10)65)40(78-49)25-71-33(8)63)20-14-17-50-16-13-18-51-80-48-41(54-28(3)58)45(74-36(11)66)43(72-34(9)64)39(77-48)24-70-32(7)62/h26,38-52H,13-25H2,1-12H3,(H,53,57)(H,54,58)(H,55,59)/t26?,39?,40?,41?,42?,43-,44-,45?,46?,47-,48-,49-/m0/s1. The van der Waals surface area contributed by atoms with Crippen molar-refractivity contribution in [2.75, 3.05) is 65.7 Å². The number of nitrogens with one attached hydrogen (secondary N) is 6. The Balaban J connectivity index is 2.31. The number of hydrogen-bond acceptors (Lipinski definition) is 29. The van der Waals surface area contributed by atoms with Crippen LogP contribution in [0.5, 0.6) is 0 Å². The van der Waals surface area contributed by atoms with Gasteiger partial charge in [0.2, 0.25) is 30.3 Å². The summed E-state index contributed by atoms with van der Waals surface area (Å²) in [6.45, 7) is 14.3. The molecule has 7 unspecified atom stereocenters. The summed E-state index contributed by atoms with van der Waals surface area (Å²) in [6.07, 6.45) is -11.8. The van der Waals surface area contributed by atoms with Gasteiger partial charge < -0.3 is 73.4 Å². The predicted octanol–water partition coefficient (Wildman–Crippen LogP) is -2.30. The van der Waals surface area contributed by atoms with Crippen molar-refractivity contribution in [3.05, 3.63) is 0 Å². The minimum atomic E-state index is -1.45. The van der Waals surface area contributed by atoms with E-state index in [9.17, 15) is 52.7 Å². The average Bonchev–Trinajstić information content (AvgIpc) is 3.50. The molecule has 2 saturated heterocycles. The summed E-state index contributed by atoms with van der Waals surface area (Å²) in [5.41, 5.74) is 5.56. The number of nitrogens with zero attached hydrogens (tertiary/aromatic N) is 1. The van der Waals surface area contributed by atoms with Crippen molar-refractivity contribution in [2.45, 2.75) is 182 Å². The van der Waals surface area contributed by atoms with E-state index in [0.717, 1.165) is 41.5 Å². The van der Waals surface area contributed by atoms with E-state index < -0.39 is 158 Å². The molecule has 32 heteroatoms. The molecule has 12 atom stereocenters. The third kappa shape index (κ3) is 29.4. The molecule has 0 aromatic carbocycles. The Morgan fingerprint density at radius 3 is 1.35 bits per heavy atom. The first-order chi connectivity index (χ1) is 38.2. The molecule has 32 nitrogen and oxygen atoms in total. The lowest BCUT2D eigenvalue weighted by Crippen LogP contribution is -2.67. The van der Waals surface area contributed by atoms with Gasteiger partial charge in [0.25, 0.3) is 0 Å². The van der Waals surface area contributed by atoms with Crippen molar-refractivity contribution in [1.82, 2.24) is 37.3 Å². The van der Waals surface area contributed by atoms with E-state index in [2.05, 4.69) is 32.2 Å². The summed E-state index contributed by atoms with van der Waals surface area (Å²) in [5.74, 6) is -7.31. The Hall–Kier alpha value is -6.23. The molecule has 0 spiro atoms. The Bertz CT molecular complexity index is 2050. The molecular weight excluding hydrogens is 1090 g/mol. The number of rotatable bonds is 36. The van der Waals surface area contributed by atoms with E-state index in [-0.39, 0.29) is 45.8 Å². The number of amides is 3. The van der Waals surface area contributed by atoms with Crippen LogP contribution in [0.1, 0.15) is 102 Å². The molecule has 0 radical (unpaired) electrons. The first kappa shape index (κ1) is 70.9. The maximum atomic E-state index is 12.7. The van der Waals surface area contributed by atoms with Gasteiger partial charge in [0, 0.05) is 102 Å². The van der Waals surface area contributed by atoms with Crippen molar-refractivity contribution in [3.63, 3.8) is 0 Å². The molecule has 0 saturated carbocycles. The monoisotopic (exact) mass is 1170 g/mol. The van der Waals surface area contributed by atoms with Gasteiger partial charge in [-0.05, 0) is 39.3 Å². The Morgan fingerprint density at radius 2 is 0.901 bits per heavy atom. The molecular formula is C49H81N7O25. The van der Waals surface area contributed by atoms with E-state index in [1.54, 1.807) is 6.92 Å². The topological polar surface area (TPSA) is 392 Å². The zero-order valence-corrected chi connectivity index (χ0v) is 47.9. The quantitative estimate of drug-likeness (QED) is 0.0126. The predicted molar refractivity (Wildman–Crippen MR) is 271 cm³/mol. The number of carbonyl (C=O) groups excluding carboxylic acids is 11. The molecule has 2 fully saturated rings. The molecule has 0 aromatic rings. The second kappa shape index (κ2) is 37.7.